The lowest BCUT2D eigenvalue weighted by Gasteiger charge is -2.28. The van der Waals surface area contributed by atoms with Crippen molar-refractivity contribution < 1.29 is 34.2 Å². The molecule has 184 valence electrons. The highest BCUT2D eigenvalue weighted by Gasteiger charge is 2.33. The molecule has 0 aliphatic heterocycles. The predicted molar refractivity (Wildman–Crippen MR) is 116 cm³/mol. The number of carboxylic acid groups (broad SMARTS) is 1. The lowest BCUT2D eigenvalue weighted by Crippen LogP contribution is -2.60. The normalized spacial score (nSPS) is 16.6. The number of carbonyl (C=O) groups excluding carboxylic acids is 4. The Labute approximate surface area is 187 Å². The highest BCUT2D eigenvalue weighted by atomic mass is 16.4. The van der Waals surface area contributed by atoms with E-state index >= 15 is 0 Å². The Balaban J connectivity index is 5.32. The minimum atomic E-state index is -1.40. The van der Waals surface area contributed by atoms with Gasteiger partial charge in [-0.3, -0.25) is 19.2 Å². The zero-order valence-electron chi connectivity index (χ0n) is 19.1. The van der Waals surface area contributed by atoms with Crippen molar-refractivity contribution >= 4 is 29.6 Å². The molecule has 0 aliphatic carbocycles. The van der Waals surface area contributed by atoms with Gasteiger partial charge in [-0.05, 0) is 18.3 Å². The van der Waals surface area contributed by atoms with Gasteiger partial charge >= 0.3 is 5.97 Å². The minimum absolute atomic E-state index is 0.0367. The molecule has 0 aromatic heterocycles. The molecule has 0 heterocycles. The minimum Gasteiger partial charge on any atom is -0.480 e. The molecule has 4 amide bonds. The Kier molecular flexibility index (Phi) is 13.1. The first-order valence-electron chi connectivity index (χ1n) is 10.7. The van der Waals surface area contributed by atoms with Gasteiger partial charge in [-0.2, -0.15) is 0 Å². The van der Waals surface area contributed by atoms with E-state index in [1.807, 2.05) is 0 Å². The molecule has 0 fully saturated rings. The fraction of sp³-hybridized carbons (Fsp3) is 0.750. The SMILES string of the molecule is CCC(C)C(NC(=O)C(NC(=O)C(CO)NC(=O)C(N)CCC(N)=O)C(C)CC)C(=O)O. The topological polar surface area (TPSA) is 214 Å². The molecule has 6 unspecified atom stereocenters. The number of hydrogen-bond donors (Lipinski definition) is 7. The lowest BCUT2D eigenvalue weighted by atomic mass is 9.95. The van der Waals surface area contributed by atoms with E-state index < -0.39 is 60.4 Å². The van der Waals surface area contributed by atoms with Gasteiger partial charge in [0.2, 0.25) is 23.6 Å². The van der Waals surface area contributed by atoms with Crippen LogP contribution < -0.4 is 27.4 Å². The van der Waals surface area contributed by atoms with E-state index in [0.29, 0.717) is 12.8 Å². The van der Waals surface area contributed by atoms with Gasteiger partial charge in [-0.25, -0.2) is 4.79 Å². The van der Waals surface area contributed by atoms with Gasteiger partial charge in [0.25, 0.3) is 0 Å². The van der Waals surface area contributed by atoms with Crippen molar-refractivity contribution in [2.75, 3.05) is 6.61 Å². The van der Waals surface area contributed by atoms with Crippen LogP contribution in [0, 0.1) is 11.8 Å². The number of hydrogen-bond acceptors (Lipinski definition) is 7. The van der Waals surface area contributed by atoms with Crippen LogP contribution in [0.5, 0.6) is 0 Å². The summed E-state index contributed by atoms with van der Waals surface area (Å²) in [5.74, 6) is -4.81. The summed E-state index contributed by atoms with van der Waals surface area (Å²) in [6, 6.07) is -4.74. The molecule has 6 atom stereocenters. The number of carbonyl (C=O) groups is 5. The second kappa shape index (κ2) is 14.4. The fourth-order valence-corrected chi connectivity index (χ4v) is 2.78. The standard InChI is InChI=1S/C20H37N5O7/c1-5-10(3)15(19(30)25-16(20(31)32)11(4)6-2)24-18(29)13(9-26)23-17(28)12(21)7-8-14(22)27/h10-13,15-16,26H,5-9,21H2,1-4H3,(H2,22,27)(H,23,28)(H,24,29)(H,25,30)(H,31,32). The molecular weight excluding hydrogens is 422 g/mol. The number of aliphatic hydroxyl groups is 1. The number of carboxylic acids is 1. The number of aliphatic carboxylic acids is 1. The first-order chi connectivity index (χ1) is 14.9. The summed E-state index contributed by atoms with van der Waals surface area (Å²) >= 11 is 0. The summed E-state index contributed by atoms with van der Waals surface area (Å²) in [5.41, 5.74) is 10.7. The number of nitrogens with one attached hydrogen (secondary N) is 3. The van der Waals surface area contributed by atoms with Crippen molar-refractivity contribution in [1.29, 1.82) is 0 Å². The maximum absolute atomic E-state index is 12.8. The van der Waals surface area contributed by atoms with E-state index in [4.69, 9.17) is 11.5 Å². The Morgan fingerprint density at radius 3 is 1.78 bits per heavy atom. The molecule has 0 bridgehead atoms. The van der Waals surface area contributed by atoms with Crippen molar-refractivity contribution in [3.63, 3.8) is 0 Å². The molecule has 0 radical (unpaired) electrons. The van der Waals surface area contributed by atoms with Crippen LogP contribution in [0.15, 0.2) is 0 Å². The summed E-state index contributed by atoms with van der Waals surface area (Å²) in [6.07, 6.45) is 0.854. The van der Waals surface area contributed by atoms with Crippen molar-refractivity contribution in [3.8, 4) is 0 Å². The van der Waals surface area contributed by atoms with Crippen molar-refractivity contribution in [1.82, 2.24) is 16.0 Å². The quantitative estimate of drug-likeness (QED) is 0.148. The Bertz CT molecular complexity index is 673. The van der Waals surface area contributed by atoms with Gasteiger partial charge in [-0.15, -0.1) is 0 Å². The highest BCUT2D eigenvalue weighted by molar-refractivity contribution is 5.94. The maximum atomic E-state index is 12.8. The third-order valence-corrected chi connectivity index (χ3v) is 5.42. The van der Waals surface area contributed by atoms with Gasteiger partial charge in [0, 0.05) is 6.42 Å². The molecule has 0 aromatic carbocycles. The molecule has 32 heavy (non-hydrogen) atoms. The van der Waals surface area contributed by atoms with Crippen LogP contribution >= 0.6 is 0 Å². The maximum Gasteiger partial charge on any atom is 0.326 e. The molecule has 12 heteroatoms. The lowest BCUT2D eigenvalue weighted by molar-refractivity contribution is -0.144. The zero-order valence-corrected chi connectivity index (χ0v) is 19.1. The fourth-order valence-electron chi connectivity index (χ4n) is 2.78. The van der Waals surface area contributed by atoms with Crippen LogP contribution in [-0.2, 0) is 24.0 Å². The van der Waals surface area contributed by atoms with Crippen molar-refractivity contribution in [2.24, 2.45) is 23.3 Å². The van der Waals surface area contributed by atoms with Crippen LogP contribution in [0.4, 0.5) is 0 Å². The molecule has 0 saturated heterocycles. The second-order valence-corrected chi connectivity index (χ2v) is 7.94. The van der Waals surface area contributed by atoms with Crippen LogP contribution in [0.2, 0.25) is 0 Å². The first-order valence-corrected chi connectivity index (χ1v) is 10.7. The molecule has 0 aliphatic rings. The van der Waals surface area contributed by atoms with E-state index in [9.17, 15) is 34.2 Å². The van der Waals surface area contributed by atoms with Gasteiger partial charge < -0.3 is 37.6 Å². The van der Waals surface area contributed by atoms with Crippen molar-refractivity contribution in [3.05, 3.63) is 0 Å². The van der Waals surface area contributed by atoms with E-state index in [1.54, 1.807) is 27.7 Å². The second-order valence-electron chi connectivity index (χ2n) is 7.94. The van der Waals surface area contributed by atoms with Crippen LogP contribution in [-0.4, -0.2) is 70.6 Å². The summed E-state index contributed by atoms with van der Waals surface area (Å²) in [6.45, 7) is 6.22. The number of nitrogens with two attached hydrogens (primary N) is 2. The molecule has 0 saturated carbocycles. The number of aliphatic hydroxyl groups excluding tert-OH is 1. The molecule has 12 nitrogen and oxygen atoms in total. The van der Waals surface area contributed by atoms with Crippen LogP contribution in [0.3, 0.4) is 0 Å². The Hall–Kier alpha value is -2.73. The third-order valence-electron chi connectivity index (χ3n) is 5.42. The summed E-state index contributed by atoms with van der Waals surface area (Å²) in [7, 11) is 0. The van der Waals surface area contributed by atoms with E-state index in [2.05, 4.69) is 16.0 Å². The van der Waals surface area contributed by atoms with Gasteiger partial charge in [0.1, 0.15) is 18.1 Å². The highest BCUT2D eigenvalue weighted by Crippen LogP contribution is 2.12. The van der Waals surface area contributed by atoms with Gasteiger partial charge in [0.05, 0.1) is 12.6 Å². The predicted octanol–water partition coefficient (Wildman–Crippen LogP) is -1.80. The monoisotopic (exact) mass is 459 g/mol. The number of primary amides is 1. The van der Waals surface area contributed by atoms with Crippen LogP contribution in [0.25, 0.3) is 0 Å². The van der Waals surface area contributed by atoms with E-state index in [1.165, 1.54) is 0 Å². The Morgan fingerprint density at radius 2 is 1.34 bits per heavy atom. The van der Waals surface area contributed by atoms with E-state index in [0.717, 1.165) is 0 Å². The average molecular weight is 460 g/mol. The zero-order chi connectivity index (χ0) is 25.0. The van der Waals surface area contributed by atoms with E-state index in [-0.39, 0.29) is 24.7 Å². The summed E-state index contributed by atoms with van der Waals surface area (Å²) in [5, 5.41) is 26.2. The summed E-state index contributed by atoms with van der Waals surface area (Å²) < 4.78 is 0. The first kappa shape index (κ1) is 29.3. The molecular formula is C20H37N5O7. The van der Waals surface area contributed by atoms with Crippen molar-refractivity contribution in [2.45, 2.75) is 77.5 Å². The van der Waals surface area contributed by atoms with Gasteiger partial charge in [-0.1, -0.05) is 40.5 Å². The molecule has 9 N–H and O–H groups in total. The molecule has 0 aromatic rings. The number of amides is 4. The number of rotatable bonds is 15. The summed E-state index contributed by atoms with van der Waals surface area (Å²) in [4.78, 5) is 59.9. The average Bonchev–Trinajstić information content (AvgIpc) is 2.75. The van der Waals surface area contributed by atoms with Gasteiger partial charge in [0.15, 0.2) is 0 Å². The third kappa shape index (κ3) is 9.60. The molecule has 0 spiro atoms. The van der Waals surface area contributed by atoms with Crippen LogP contribution in [0.1, 0.15) is 53.4 Å². The smallest absolute Gasteiger partial charge is 0.326 e. The molecule has 0 rings (SSSR count). The Morgan fingerprint density at radius 1 is 0.844 bits per heavy atom. The largest absolute Gasteiger partial charge is 0.480 e.